The van der Waals surface area contributed by atoms with Crippen LogP contribution in [0.5, 0.6) is 5.75 Å². The quantitative estimate of drug-likeness (QED) is 0.622. The van der Waals surface area contributed by atoms with E-state index in [4.69, 9.17) is 9.72 Å². The molecule has 0 unspecified atom stereocenters. The van der Waals surface area contributed by atoms with Crippen LogP contribution in [0.1, 0.15) is 35.8 Å². The van der Waals surface area contributed by atoms with E-state index in [1.54, 1.807) is 7.11 Å². The highest BCUT2D eigenvalue weighted by Gasteiger charge is 2.31. The summed E-state index contributed by atoms with van der Waals surface area (Å²) in [6.45, 7) is 2.79. The number of aryl methyl sites for hydroxylation is 1. The largest absolute Gasteiger partial charge is 0.496 e. The van der Waals surface area contributed by atoms with Crippen LogP contribution in [-0.4, -0.2) is 29.4 Å². The summed E-state index contributed by atoms with van der Waals surface area (Å²) in [5.41, 5.74) is 5.20. The molecule has 29 heavy (non-hydrogen) atoms. The third-order valence-corrected chi connectivity index (χ3v) is 5.53. The van der Waals surface area contributed by atoms with Crippen LogP contribution in [0.25, 0.3) is 11.1 Å². The first-order chi connectivity index (χ1) is 14.2. The van der Waals surface area contributed by atoms with E-state index >= 15 is 0 Å². The highest BCUT2D eigenvalue weighted by molar-refractivity contribution is 5.80. The molecule has 0 bridgehead atoms. The monoisotopic (exact) mass is 386 g/mol. The van der Waals surface area contributed by atoms with Crippen molar-refractivity contribution in [1.82, 2.24) is 9.88 Å². The maximum atomic E-state index is 13.1. The summed E-state index contributed by atoms with van der Waals surface area (Å²) in [6, 6.07) is 22.3. The molecule has 4 rings (SSSR count). The third-order valence-electron chi connectivity index (χ3n) is 5.53. The molecule has 1 atom stereocenters. The van der Waals surface area contributed by atoms with Gasteiger partial charge in [-0.3, -0.25) is 9.78 Å². The Morgan fingerprint density at radius 3 is 2.62 bits per heavy atom. The number of likely N-dealkylation sites (tertiary alicyclic amines) is 1. The predicted molar refractivity (Wildman–Crippen MR) is 115 cm³/mol. The summed E-state index contributed by atoms with van der Waals surface area (Å²) >= 11 is 0. The standard InChI is InChI=1S/C25H26N2O2/c1-18-15-21(19-9-4-3-5-10-19)16-22(26-18)23-12-8-14-27(23)25(28)17-20-11-6-7-13-24(20)29-2/h3-7,9-11,13,15-16,23H,8,12,14,17H2,1-2H3/t23-/m0/s1. The molecular formula is C25H26N2O2. The van der Waals surface area contributed by atoms with E-state index in [0.29, 0.717) is 6.42 Å². The van der Waals surface area contributed by atoms with Crippen molar-refractivity contribution < 1.29 is 9.53 Å². The van der Waals surface area contributed by atoms with Crippen LogP contribution < -0.4 is 4.74 Å². The Hall–Kier alpha value is -3.14. The van der Waals surface area contributed by atoms with E-state index in [1.165, 1.54) is 5.56 Å². The van der Waals surface area contributed by atoms with Crippen molar-refractivity contribution in [1.29, 1.82) is 0 Å². The third kappa shape index (κ3) is 4.16. The first kappa shape index (κ1) is 19.2. The highest BCUT2D eigenvalue weighted by atomic mass is 16.5. The fourth-order valence-electron chi connectivity index (χ4n) is 4.15. The minimum atomic E-state index is 0.0274. The zero-order chi connectivity index (χ0) is 20.2. The summed E-state index contributed by atoms with van der Waals surface area (Å²) in [6.07, 6.45) is 2.29. The van der Waals surface area contributed by atoms with E-state index in [9.17, 15) is 4.79 Å². The summed E-state index contributed by atoms with van der Waals surface area (Å²) in [7, 11) is 1.64. The topological polar surface area (TPSA) is 42.4 Å². The number of hydrogen-bond donors (Lipinski definition) is 0. The average molecular weight is 386 g/mol. The van der Waals surface area contributed by atoms with Gasteiger partial charge in [0.15, 0.2) is 0 Å². The smallest absolute Gasteiger partial charge is 0.227 e. The van der Waals surface area contributed by atoms with Gasteiger partial charge in [-0.05, 0) is 49.1 Å². The van der Waals surface area contributed by atoms with Crippen LogP contribution in [0, 0.1) is 6.92 Å². The van der Waals surface area contributed by atoms with Crippen LogP contribution >= 0.6 is 0 Å². The lowest BCUT2D eigenvalue weighted by Crippen LogP contribution is -2.32. The second kappa shape index (κ2) is 8.48. The number of methoxy groups -OCH3 is 1. The van der Waals surface area contributed by atoms with Gasteiger partial charge in [-0.25, -0.2) is 0 Å². The molecule has 0 radical (unpaired) electrons. The van der Waals surface area contributed by atoms with Crippen molar-refractivity contribution in [3.63, 3.8) is 0 Å². The van der Waals surface area contributed by atoms with Crippen molar-refractivity contribution in [3.05, 3.63) is 83.7 Å². The summed E-state index contributed by atoms with van der Waals surface area (Å²) in [4.78, 5) is 19.9. The van der Waals surface area contributed by atoms with Gasteiger partial charge < -0.3 is 9.64 Å². The van der Waals surface area contributed by atoms with Crippen LogP contribution in [0.3, 0.4) is 0 Å². The van der Waals surface area contributed by atoms with Crippen molar-refractivity contribution in [2.75, 3.05) is 13.7 Å². The number of amides is 1. The van der Waals surface area contributed by atoms with Crippen LogP contribution in [0.15, 0.2) is 66.7 Å². The zero-order valence-corrected chi connectivity index (χ0v) is 17.0. The normalized spacial score (nSPS) is 16.1. The Morgan fingerprint density at radius 1 is 1.07 bits per heavy atom. The molecule has 2 aromatic carbocycles. The van der Waals surface area contributed by atoms with Crippen LogP contribution in [0.2, 0.25) is 0 Å². The molecule has 148 valence electrons. The molecule has 0 N–H and O–H groups in total. The molecule has 3 aromatic rings. The number of benzene rings is 2. The average Bonchev–Trinajstić information content (AvgIpc) is 3.24. The number of carbonyl (C=O) groups excluding carboxylic acids is 1. The van der Waals surface area contributed by atoms with Crippen LogP contribution in [-0.2, 0) is 11.2 Å². The minimum absolute atomic E-state index is 0.0274. The first-order valence-corrected chi connectivity index (χ1v) is 10.1. The summed E-state index contributed by atoms with van der Waals surface area (Å²) in [5, 5.41) is 0. The Morgan fingerprint density at radius 2 is 1.83 bits per heavy atom. The number of pyridine rings is 1. The molecule has 0 spiro atoms. The van der Waals surface area contributed by atoms with Gasteiger partial charge in [0.05, 0.1) is 25.3 Å². The lowest BCUT2D eigenvalue weighted by atomic mass is 10.0. The molecule has 4 heteroatoms. The summed E-state index contributed by atoms with van der Waals surface area (Å²) in [5.74, 6) is 0.887. The lowest BCUT2D eigenvalue weighted by molar-refractivity contribution is -0.131. The fraction of sp³-hybridized carbons (Fsp3) is 0.280. The maximum absolute atomic E-state index is 13.1. The molecule has 0 saturated carbocycles. The van der Waals surface area contributed by atoms with Gasteiger partial charge in [0.2, 0.25) is 5.91 Å². The van der Waals surface area contributed by atoms with Gasteiger partial charge in [-0.15, -0.1) is 0 Å². The zero-order valence-electron chi connectivity index (χ0n) is 17.0. The van der Waals surface area contributed by atoms with Gasteiger partial charge in [0.1, 0.15) is 5.75 Å². The number of rotatable bonds is 5. The van der Waals surface area contributed by atoms with E-state index in [0.717, 1.165) is 47.7 Å². The number of nitrogens with zero attached hydrogens (tertiary/aromatic N) is 2. The first-order valence-electron chi connectivity index (χ1n) is 10.1. The molecule has 1 fully saturated rings. The molecule has 1 amide bonds. The Bertz CT molecular complexity index is 1000. The van der Waals surface area contributed by atoms with E-state index in [-0.39, 0.29) is 11.9 Å². The maximum Gasteiger partial charge on any atom is 0.227 e. The van der Waals surface area contributed by atoms with Gasteiger partial charge in [-0.1, -0.05) is 48.5 Å². The van der Waals surface area contributed by atoms with Gasteiger partial charge in [0.25, 0.3) is 0 Å². The molecule has 1 aromatic heterocycles. The SMILES string of the molecule is COc1ccccc1CC(=O)N1CCC[C@H]1c1cc(-c2ccccc2)cc(C)n1. The van der Waals surface area contributed by atoms with Crippen molar-refractivity contribution in [3.8, 4) is 16.9 Å². The van der Waals surface area contributed by atoms with Gasteiger partial charge in [-0.2, -0.15) is 0 Å². The fourth-order valence-corrected chi connectivity index (χ4v) is 4.15. The molecular weight excluding hydrogens is 360 g/mol. The molecule has 0 aliphatic carbocycles. The number of carbonyl (C=O) groups is 1. The Balaban J connectivity index is 1.60. The van der Waals surface area contributed by atoms with Crippen LogP contribution in [0.4, 0.5) is 0 Å². The minimum Gasteiger partial charge on any atom is -0.496 e. The highest BCUT2D eigenvalue weighted by Crippen LogP contribution is 2.34. The lowest BCUT2D eigenvalue weighted by Gasteiger charge is -2.25. The number of para-hydroxylation sites is 1. The predicted octanol–water partition coefficient (Wildman–Crippen LogP) is 4.97. The van der Waals surface area contributed by atoms with E-state index in [2.05, 4.69) is 24.3 Å². The van der Waals surface area contributed by atoms with Gasteiger partial charge in [0, 0.05) is 17.8 Å². The summed E-state index contributed by atoms with van der Waals surface area (Å²) < 4.78 is 5.42. The molecule has 1 saturated heterocycles. The Labute approximate surface area is 172 Å². The second-order valence-electron chi connectivity index (χ2n) is 7.52. The number of hydrogen-bond acceptors (Lipinski definition) is 3. The molecule has 2 heterocycles. The van der Waals surface area contributed by atoms with Gasteiger partial charge >= 0.3 is 0 Å². The Kier molecular flexibility index (Phi) is 5.61. The molecule has 1 aliphatic heterocycles. The van der Waals surface area contributed by atoms with E-state index in [1.807, 2.05) is 54.3 Å². The van der Waals surface area contributed by atoms with Crippen molar-refractivity contribution >= 4 is 5.91 Å². The second-order valence-corrected chi connectivity index (χ2v) is 7.52. The number of aromatic nitrogens is 1. The molecule has 4 nitrogen and oxygen atoms in total. The van der Waals surface area contributed by atoms with Crippen molar-refractivity contribution in [2.45, 2.75) is 32.2 Å². The van der Waals surface area contributed by atoms with Crippen molar-refractivity contribution in [2.24, 2.45) is 0 Å². The van der Waals surface area contributed by atoms with E-state index < -0.39 is 0 Å². The molecule has 1 aliphatic rings. The number of ether oxygens (including phenoxy) is 1.